The number of hydrogen-bond donors (Lipinski definition) is 0. The number of nitrogens with zero attached hydrogens (tertiary/aromatic N) is 2. The van der Waals surface area contributed by atoms with Gasteiger partial charge in [-0.05, 0) is 12.1 Å². The van der Waals surface area contributed by atoms with Crippen LogP contribution < -0.4 is 9.47 Å². The maximum Gasteiger partial charge on any atom is 0.238 e. The van der Waals surface area contributed by atoms with Gasteiger partial charge in [-0.3, -0.25) is 0 Å². The Kier molecular flexibility index (Phi) is 3.77. The second kappa shape index (κ2) is 5.73. The molecular formula is C15H9ClF2N2O2. The summed E-state index contributed by atoms with van der Waals surface area (Å²) in [6.45, 7) is 0. The van der Waals surface area contributed by atoms with Gasteiger partial charge in [-0.25, -0.2) is 14.4 Å². The van der Waals surface area contributed by atoms with Crippen LogP contribution in [0.15, 0.2) is 36.5 Å². The number of ether oxygens (including phenoxy) is 2. The normalized spacial score (nSPS) is 10.7. The molecule has 0 aliphatic heterocycles. The minimum atomic E-state index is -0.913. The molecule has 0 spiro atoms. The highest BCUT2D eigenvalue weighted by molar-refractivity contribution is 6.32. The lowest BCUT2D eigenvalue weighted by Gasteiger charge is -2.11. The molecule has 2 aromatic carbocycles. The first kappa shape index (κ1) is 14.5. The quantitative estimate of drug-likeness (QED) is 0.672. The van der Waals surface area contributed by atoms with Crippen molar-refractivity contribution in [1.82, 2.24) is 9.97 Å². The molecule has 4 nitrogen and oxygen atoms in total. The number of para-hydroxylation sites is 2. The molecule has 0 radical (unpaired) electrons. The fraction of sp³-hybridized carbons (Fsp3) is 0.0667. The number of fused-ring (bicyclic) bond motifs is 1. The molecule has 1 aromatic heterocycles. The molecule has 0 N–H and O–H groups in total. The summed E-state index contributed by atoms with van der Waals surface area (Å²) in [7, 11) is 1.18. The molecule has 0 bridgehead atoms. The highest BCUT2D eigenvalue weighted by Gasteiger charge is 2.20. The minimum Gasteiger partial charge on any atom is -0.492 e. The molecule has 0 saturated carbocycles. The zero-order chi connectivity index (χ0) is 15.7. The Morgan fingerprint density at radius 2 is 1.86 bits per heavy atom. The summed E-state index contributed by atoms with van der Waals surface area (Å²) in [5.41, 5.74) is 1.23. The largest absolute Gasteiger partial charge is 0.492 e. The molecule has 1 heterocycles. The van der Waals surface area contributed by atoms with Crippen LogP contribution in [0.5, 0.6) is 17.4 Å². The molecule has 0 unspecified atom stereocenters. The maximum atomic E-state index is 14.2. The number of aromatic nitrogens is 2. The molecule has 0 amide bonds. The summed E-state index contributed by atoms with van der Waals surface area (Å²) in [4.78, 5) is 8.30. The van der Waals surface area contributed by atoms with E-state index in [1.807, 2.05) is 6.07 Å². The van der Waals surface area contributed by atoms with Crippen molar-refractivity contribution in [2.24, 2.45) is 0 Å². The molecule has 22 heavy (non-hydrogen) atoms. The van der Waals surface area contributed by atoms with Crippen molar-refractivity contribution in [3.05, 3.63) is 53.2 Å². The summed E-state index contributed by atoms with van der Waals surface area (Å²) in [6.07, 6.45) is 1.32. The smallest absolute Gasteiger partial charge is 0.238 e. The van der Waals surface area contributed by atoms with Crippen LogP contribution in [-0.4, -0.2) is 17.1 Å². The number of hydrogen-bond acceptors (Lipinski definition) is 4. The van der Waals surface area contributed by atoms with Gasteiger partial charge in [0.1, 0.15) is 10.8 Å². The average Bonchev–Trinajstić information content (AvgIpc) is 2.53. The van der Waals surface area contributed by atoms with Crippen LogP contribution in [0.4, 0.5) is 8.78 Å². The van der Waals surface area contributed by atoms with Crippen LogP contribution in [0, 0.1) is 11.6 Å². The summed E-state index contributed by atoms with van der Waals surface area (Å²) in [5, 5.41) is -0.447. The first-order chi connectivity index (χ1) is 10.6. The Morgan fingerprint density at radius 1 is 1.14 bits per heavy atom. The number of benzene rings is 2. The number of halogens is 3. The summed E-state index contributed by atoms with van der Waals surface area (Å²) >= 11 is 5.63. The third kappa shape index (κ3) is 2.53. The van der Waals surface area contributed by atoms with E-state index in [2.05, 4.69) is 9.97 Å². The number of rotatable bonds is 3. The molecule has 3 aromatic rings. The van der Waals surface area contributed by atoms with E-state index in [0.717, 1.165) is 6.07 Å². The Morgan fingerprint density at radius 3 is 2.59 bits per heavy atom. The van der Waals surface area contributed by atoms with Crippen molar-refractivity contribution in [3.8, 4) is 17.4 Å². The number of methoxy groups -OCH3 is 1. The van der Waals surface area contributed by atoms with E-state index in [-0.39, 0.29) is 11.6 Å². The molecule has 0 atom stereocenters. The van der Waals surface area contributed by atoms with Gasteiger partial charge < -0.3 is 9.47 Å². The lowest BCUT2D eigenvalue weighted by atomic mass is 10.3. The summed E-state index contributed by atoms with van der Waals surface area (Å²) in [5.74, 6) is -2.55. The molecule has 7 heteroatoms. The van der Waals surface area contributed by atoms with Crippen molar-refractivity contribution in [1.29, 1.82) is 0 Å². The van der Waals surface area contributed by atoms with E-state index in [4.69, 9.17) is 21.1 Å². The maximum absolute atomic E-state index is 14.2. The van der Waals surface area contributed by atoms with Gasteiger partial charge in [0, 0.05) is 6.07 Å². The first-order valence-electron chi connectivity index (χ1n) is 6.21. The van der Waals surface area contributed by atoms with E-state index in [1.54, 1.807) is 18.2 Å². The predicted octanol–water partition coefficient (Wildman–Crippen LogP) is 4.36. The van der Waals surface area contributed by atoms with Gasteiger partial charge in [-0.2, -0.15) is 4.39 Å². The monoisotopic (exact) mass is 322 g/mol. The van der Waals surface area contributed by atoms with Crippen molar-refractivity contribution < 1.29 is 18.3 Å². The van der Waals surface area contributed by atoms with Crippen molar-refractivity contribution in [3.63, 3.8) is 0 Å². The van der Waals surface area contributed by atoms with Gasteiger partial charge in [0.15, 0.2) is 11.5 Å². The lowest BCUT2D eigenvalue weighted by Crippen LogP contribution is -1.98. The molecule has 0 fully saturated rings. The third-order valence-corrected chi connectivity index (χ3v) is 3.28. The van der Waals surface area contributed by atoms with E-state index in [1.165, 1.54) is 13.3 Å². The fourth-order valence-corrected chi connectivity index (χ4v) is 2.13. The third-order valence-electron chi connectivity index (χ3n) is 2.93. The van der Waals surface area contributed by atoms with E-state index in [0.29, 0.717) is 11.0 Å². The zero-order valence-corrected chi connectivity index (χ0v) is 12.1. The molecule has 112 valence electrons. The Balaban J connectivity index is 2.03. The average molecular weight is 323 g/mol. The SMILES string of the molecule is COc1c(F)c(Oc2cnc3ccccc3n2)cc(F)c1Cl. The van der Waals surface area contributed by atoms with Gasteiger partial charge in [0.2, 0.25) is 11.7 Å². The second-order valence-electron chi connectivity index (χ2n) is 4.32. The van der Waals surface area contributed by atoms with Gasteiger partial charge >= 0.3 is 0 Å². The van der Waals surface area contributed by atoms with Crippen LogP contribution in [-0.2, 0) is 0 Å². The first-order valence-corrected chi connectivity index (χ1v) is 6.59. The van der Waals surface area contributed by atoms with Crippen molar-refractivity contribution >= 4 is 22.6 Å². The summed E-state index contributed by atoms with van der Waals surface area (Å²) < 4.78 is 37.8. The second-order valence-corrected chi connectivity index (χ2v) is 4.69. The van der Waals surface area contributed by atoms with Crippen molar-refractivity contribution in [2.45, 2.75) is 0 Å². The van der Waals surface area contributed by atoms with Crippen LogP contribution in [0.2, 0.25) is 5.02 Å². The molecule has 0 aliphatic carbocycles. The Labute approximate surface area is 129 Å². The van der Waals surface area contributed by atoms with E-state index < -0.39 is 22.4 Å². The van der Waals surface area contributed by atoms with Crippen molar-refractivity contribution in [2.75, 3.05) is 7.11 Å². The van der Waals surface area contributed by atoms with Gasteiger partial charge in [0.05, 0.1) is 24.3 Å². The highest BCUT2D eigenvalue weighted by Crippen LogP contribution is 2.37. The van der Waals surface area contributed by atoms with E-state index in [9.17, 15) is 8.78 Å². The zero-order valence-electron chi connectivity index (χ0n) is 11.3. The molecule has 0 saturated heterocycles. The minimum absolute atomic E-state index is 0.0291. The highest BCUT2D eigenvalue weighted by atomic mass is 35.5. The Hall–Kier alpha value is -2.47. The predicted molar refractivity (Wildman–Crippen MR) is 77.5 cm³/mol. The topological polar surface area (TPSA) is 44.2 Å². The molecule has 0 aliphatic rings. The fourth-order valence-electron chi connectivity index (χ4n) is 1.91. The Bertz CT molecular complexity index is 858. The van der Waals surface area contributed by atoms with Crippen LogP contribution >= 0.6 is 11.6 Å². The van der Waals surface area contributed by atoms with Crippen LogP contribution in [0.3, 0.4) is 0 Å². The van der Waals surface area contributed by atoms with Gasteiger partial charge in [-0.1, -0.05) is 23.7 Å². The standard InChI is InChI=1S/C15H9ClF2N2O2/c1-21-15-13(16)8(17)6-11(14(15)18)22-12-7-19-9-4-2-3-5-10(9)20-12/h2-7H,1H3. The van der Waals surface area contributed by atoms with E-state index >= 15 is 0 Å². The van der Waals surface area contributed by atoms with Gasteiger partial charge in [-0.15, -0.1) is 0 Å². The molecule has 3 rings (SSSR count). The lowest BCUT2D eigenvalue weighted by molar-refractivity contribution is 0.360. The van der Waals surface area contributed by atoms with Gasteiger partial charge in [0.25, 0.3) is 0 Å². The van der Waals surface area contributed by atoms with Crippen LogP contribution in [0.1, 0.15) is 0 Å². The summed E-state index contributed by atoms with van der Waals surface area (Å²) in [6, 6.07) is 7.94. The molecular weight excluding hydrogens is 314 g/mol. The van der Waals surface area contributed by atoms with Crippen LogP contribution in [0.25, 0.3) is 11.0 Å².